The highest BCUT2D eigenvalue weighted by molar-refractivity contribution is 7.13. The number of benzene rings is 1. The molecule has 21 heavy (non-hydrogen) atoms. The van der Waals surface area contributed by atoms with E-state index < -0.39 is 12.1 Å². The summed E-state index contributed by atoms with van der Waals surface area (Å²) in [7, 11) is 0. The molecule has 0 saturated carbocycles. The Hall–Kier alpha value is -2.21. The van der Waals surface area contributed by atoms with Gasteiger partial charge < -0.3 is 10.1 Å². The van der Waals surface area contributed by atoms with Crippen LogP contribution in [0.1, 0.15) is 24.3 Å². The summed E-state index contributed by atoms with van der Waals surface area (Å²) in [5.74, 6) is -0.906. The molecule has 0 aliphatic carbocycles. The first-order valence-electron chi connectivity index (χ1n) is 6.61. The molecule has 2 rings (SSSR count). The Balaban J connectivity index is 2.04. The minimum Gasteiger partial charge on any atom is -0.448 e. The van der Waals surface area contributed by atoms with Crippen LogP contribution in [-0.4, -0.2) is 29.5 Å². The van der Waals surface area contributed by atoms with E-state index in [2.05, 4.69) is 10.3 Å². The number of rotatable bonds is 5. The number of esters is 1. The molecule has 0 spiro atoms. The van der Waals surface area contributed by atoms with E-state index in [1.807, 2.05) is 30.3 Å². The lowest BCUT2D eigenvalue weighted by Crippen LogP contribution is -2.35. The molecule has 0 bridgehead atoms. The Morgan fingerprint density at radius 1 is 1.33 bits per heavy atom. The second kappa shape index (κ2) is 6.99. The molecule has 0 radical (unpaired) electrons. The summed E-state index contributed by atoms with van der Waals surface area (Å²) < 4.78 is 5.09. The van der Waals surface area contributed by atoms with Crippen LogP contribution in [0.25, 0.3) is 10.6 Å². The number of carbonyl (C=O) groups excluding carboxylic acids is 2. The normalized spacial score (nSPS) is 11.7. The lowest BCUT2D eigenvalue weighted by molar-refractivity contribution is -0.128. The van der Waals surface area contributed by atoms with Crippen LogP contribution in [0.4, 0.5) is 0 Å². The van der Waals surface area contributed by atoms with Gasteiger partial charge in [-0.25, -0.2) is 9.78 Å². The Morgan fingerprint density at radius 3 is 2.71 bits per heavy atom. The van der Waals surface area contributed by atoms with Crippen molar-refractivity contribution in [1.29, 1.82) is 0 Å². The number of hydrogen-bond acceptors (Lipinski definition) is 5. The quantitative estimate of drug-likeness (QED) is 0.862. The Kier molecular flexibility index (Phi) is 5.05. The van der Waals surface area contributed by atoms with Crippen LogP contribution < -0.4 is 5.32 Å². The Labute approximate surface area is 127 Å². The molecule has 0 saturated heterocycles. The maximum atomic E-state index is 12.0. The standard InChI is InChI=1S/C15H16N2O3S/c1-3-16-13(18)10(2)20-15(19)12-9-21-14(17-12)11-7-5-4-6-8-11/h4-10H,3H2,1-2H3,(H,16,18)/t10-/m0/s1. The molecule has 1 aromatic carbocycles. The van der Waals surface area contributed by atoms with Crippen molar-refractivity contribution in [3.63, 3.8) is 0 Å². The zero-order valence-corrected chi connectivity index (χ0v) is 12.6. The van der Waals surface area contributed by atoms with Gasteiger partial charge in [0.25, 0.3) is 5.91 Å². The molecule has 0 aliphatic heterocycles. The van der Waals surface area contributed by atoms with Crippen LogP contribution in [0.15, 0.2) is 35.7 Å². The fourth-order valence-electron chi connectivity index (χ4n) is 1.67. The lowest BCUT2D eigenvalue weighted by atomic mass is 10.2. The molecule has 6 heteroatoms. The molecule has 2 aromatic rings. The summed E-state index contributed by atoms with van der Waals surface area (Å²) in [6.45, 7) is 3.84. The van der Waals surface area contributed by atoms with Gasteiger partial charge >= 0.3 is 5.97 Å². The molecule has 1 N–H and O–H groups in total. The number of amides is 1. The molecular formula is C15H16N2O3S. The Morgan fingerprint density at radius 2 is 2.05 bits per heavy atom. The molecular weight excluding hydrogens is 288 g/mol. The van der Waals surface area contributed by atoms with Gasteiger partial charge in [0.15, 0.2) is 11.8 Å². The first-order valence-corrected chi connectivity index (χ1v) is 7.49. The van der Waals surface area contributed by atoms with Crippen molar-refractivity contribution in [2.24, 2.45) is 0 Å². The third-order valence-electron chi connectivity index (χ3n) is 2.74. The number of ether oxygens (including phenoxy) is 1. The first-order chi connectivity index (χ1) is 10.1. The maximum absolute atomic E-state index is 12.0. The summed E-state index contributed by atoms with van der Waals surface area (Å²) in [5.41, 5.74) is 1.16. The number of hydrogen-bond donors (Lipinski definition) is 1. The average molecular weight is 304 g/mol. The molecule has 1 amide bonds. The molecule has 110 valence electrons. The number of likely N-dealkylation sites (N-methyl/N-ethyl adjacent to an activating group) is 1. The van der Waals surface area contributed by atoms with E-state index in [0.29, 0.717) is 6.54 Å². The summed E-state index contributed by atoms with van der Waals surface area (Å²) in [5, 5.41) is 4.98. The van der Waals surface area contributed by atoms with Crippen molar-refractivity contribution in [3.05, 3.63) is 41.4 Å². The maximum Gasteiger partial charge on any atom is 0.358 e. The molecule has 1 atom stereocenters. The minimum atomic E-state index is -0.834. The fourth-order valence-corrected chi connectivity index (χ4v) is 2.47. The predicted molar refractivity (Wildman–Crippen MR) is 81.1 cm³/mol. The highest BCUT2D eigenvalue weighted by Gasteiger charge is 2.20. The topological polar surface area (TPSA) is 68.3 Å². The average Bonchev–Trinajstić information content (AvgIpc) is 2.98. The number of carbonyl (C=O) groups is 2. The molecule has 0 fully saturated rings. The zero-order chi connectivity index (χ0) is 15.2. The van der Waals surface area contributed by atoms with Gasteiger partial charge in [-0.1, -0.05) is 30.3 Å². The van der Waals surface area contributed by atoms with Crippen molar-refractivity contribution in [2.75, 3.05) is 6.54 Å². The molecule has 1 heterocycles. The van der Waals surface area contributed by atoms with Crippen LogP contribution in [0, 0.1) is 0 Å². The fraction of sp³-hybridized carbons (Fsp3) is 0.267. The van der Waals surface area contributed by atoms with Crippen LogP contribution in [0.2, 0.25) is 0 Å². The Bertz CT molecular complexity index is 625. The largest absolute Gasteiger partial charge is 0.448 e. The number of nitrogens with zero attached hydrogens (tertiary/aromatic N) is 1. The van der Waals surface area contributed by atoms with E-state index in [4.69, 9.17) is 4.74 Å². The summed E-state index contributed by atoms with van der Waals surface area (Å²) in [6.07, 6.45) is -0.834. The van der Waals surface area contributed by atoms with Gasteiger partial charge in [-0.3, -0.25) is 4.79 Å². The van der Waals surface area contributed by atoms with Gasteiger partial charge in [-0.05, 0) is 13.8 Å². The van der Waals surface area contributed by atoms with E-state index in [1.54, 1.807) is 12.3 Å². The van der Waals surface area contributed by atoms with E-state index in [-0.39, 0.29) is 11.6 Å². The van der Waals surface area contributed by atoms with Gasteiger partial charge in [0.05, 0.1) is 0 Å². The second-order valence-electron chi connectivity index (χ2n) is 4.35. The first kappa shape index (κ1) is 15.2. The van der Waals surface area contributed by atoms with Gasteiger partial charge in [-0.15, -0.1) is 11.3 Å². The lowest BCUT2D eigenvalue weighted by Gasteiger charge is -2.11. The van der Waals surface area contributed by atoms with Crippen LogP contribution >= 0.6 is 11.3 Å². The molecule has 1 aromatic heterocycles. The van der Waals surface area contributed by atoms with Gasteiger partial charge in [0.1, 0.15) is 5.01 Å². The number of thiazole rings is 1. The minimum absolute atomic E-state index is 0.218. The van der Waals surface area contributed by atoms with Crippen LogP contribution in [0.3, 0.4) is 0 Å². The third kappa shape index (κ3) is 3.88. The van der Waals surface area contributed by atoms with Crippen molar-refractivity contribution < 1.29 is 14.3 Å². The third-order valence-corrected chi connectivity index (χ3v) is 3.63. The molecule has 0 unspecified atom stereocenters. The van der Waals surface area contributed by atoms with Gasteiger partial charge in [0.2, 0.25) is 0 Å². The highest BCUT2D eigenvalue weighted by Crippen LogP contribution is 2.23. The number of aromatic nitrogens is 1. The van der Waals surface area contributed by atoms with E-state index in [1.165, 1.54) is 18.3 Å². The van der Waals surface area contributed by atoms with Gasteiger partial charge in [-0.2, -0.15) is 0 Å². The van der Waals surface area contributed by atoms with Crippen molar-refractivity contribution in [2.45, 2.75) is 20.0 Å². The zero-order valence-electron chi connectivity index (χ0n) is 11.8. The van der Waals surface area contributed by atoms with Crippen LogP contribution in [-0.2, 0) is 9.53 Å². The molecule has 0 aliphatic rings. The van der Waals surface area contributed by atoms with Crippen molar-refractivity contribution in [3.8, 4) is 10.6 Å². The molecule has 5 nitrogen and oxygen atoms in total. The second-order valence-corrected chi connectivity index (χ2v) is 5.20. The highest BCUT2D eigenvalue weighted by atomic mass is 32.1. The predicted octanol–water partition coefficient (Wildman–Crippen LogP) is 2.49. The number of nitrogens with one attached hydrogen (secondary N) is 1. The van der Waals surface area contributed by atoms with E-state index in [9.17, 15) is 9.59 Å². The van der Waals surface area contributed by atoms with Crippen LogP contribution in [0.5, 0.6) is 0 Å². The van der Waals surface area contributed by atoms with Gasteiger partial charge in [0, 0.05) is 17.5 Å². The van der Waals surface area contributed by atoms with Crippen molar-refractivity contribution >= 4 is 23.2 Å². The van der Waals surface area contributed by atoms with E-state index >= 15 is 0 Å². The SMILES string of the molecule is CCNC(=O)[C@H](C)OC(=O)c1csc(-c2ccccc2)n1. The smallest absolute Gasteiger partial charge is 0.358 e. The van der Waals surface area contributed by atoms with Crippen molar-refractivity contribution in [1.82, 2.24) is 10.3 Å². The summed E-state index contributed by atoms with van der Waals surface area (Å²) in [4.78, 5) is 27.7. The summed E-state index contributed by atoms with van der Waals surface area (Å²) in [6, 6.07) is 9.58. The summed E-state index contributed by atoms with van der Waals surface area (Å²) >= 11 is 1.36. The monoisotopic (exact) mass is 304 g/mol. The van der Waals surface area contributed by atoms with E-state index in [0.717, 1.165) is 10.6 Å².